The lowest BCUT2D eigenvalue weighted by Gasteiger charge is -2.10. The van der Waals surface area contributed by atoms with Crippen molar-refractivity contribution >= 4 is 34.7 Å². The Morgan fingerprint density at radius 1 is 1.11 bits per heavy atom. The topological polar surface area (TPSA) is 92.2 Å². The van der Waals surface area contributed by atoms with Gasteiger partial charge in [-0.05, 0) is 72.7 Å². The number of nitrogens with zero attached hydrogens (tertiary/aromatic N) is 1. The average molecular weight is 387 g/mol. The number of nitrogens with one attached hydrogen (secondary N) is 2. The van der Waals surface area contributed by atoms with Gasteiger partial charge in [0.15, 0.2) is 11.7 Å². The van der Waals surface area contributed by atoms with Crippen LogP contribution in [-0.2, 0) is 4.79 Å². The largest absolute Gasteiger partial charge is 0.497 e. The fourth-order valence-electron chi connectivity index (χ4n) is 2.19. The number of hydrogen-bond donors (Lipinski definition) is 3. The Balaban J connectivity index is 1.96. The van der Waals surface area contributed by atoms with Crippen molar-refractivity contribution in [2.75, 3.05) is 19.0 Å². The van der Waals surface area contributed by atoms with Crippen molar-refractivity contribution in [1.82, 2.24) is 5.43 Å². The Morgan fingerprint density at radius 2 is 1.74 bits per heavy atom. The van der Waals surface area contributed by atoms with Crippen LogP contribution in [0.15, 0.2) is 53.6 Å². The predicted molar refractivity (Wildman–Crippen MR) is 109 cm³/mol. The van der Waals surface area contributed by atoms with Crippen LogP contribution in [0.25, 0.3) is 0 Å². The lowest BCUT2D eigenvalue weighted by atomic mass is 10.1. The molecule has 0 unspecified atom stereocenters. The fourth-order valence-corrected chi connectivity index (χ4v) is 2.35. The van der Waals surface area contributed by atoms with Gasteiger partial charge in [-0.15, -0.1) is 0 Å². The van der Waals surface area contributed by atoms with E-state index in [4.69, 9.17) is 26.8 Å². The van der Waals surface area contributed by atoms with Crippen molar-refractivity contribution in [3.05, 3.63) is 54.1 Å². The van der Waals surface area contributed by atoms with Crippen molar-refractivity contribution in [2.45, 2.75) is 13.3 Å². The summed E-state index contributed by atoms with van der Waals surface area (Å²) in [6, 6.07) is 14.4. The molecule has 2 rings (SSSR count). The maximum absolute atomic E-state index is 10.5. The van der Waals surface area contributed by atoms with Crippen LogP contribution in [0.4, 0.5) is 5.69 Å². The van der Waals surface area contributed by atoms with Crippen LogP contribution >= 0.6 is 12.2 Å². The zero-order valence-electron chi connectivity index (χ0n) is 15.1. The molecule has 8 heteroatoms. The van der Waals surface area contributed by atoms with E-state index < -0.39 is 5.97 Å². The number of hydrogen-bond acceptors (Lipinski definition) is 5. The molecule has 0 spiro atoms. The summed E-state index contributed by atoms with van der Waals surface area (Å²) in [7, 11) is 1.61. The van der Waals surface area contributed by atoms with Gasteiger partial charge in [0.25, 0.3) is 0 Å². The molecule has 7 nitrogen and oxygen atoms in total. The van der Waals surface area contributed by atoms with Crippen LogP contribution in [0.1, 0.15) is 18.9 Å². The first kappa shape index (κ1) is 20.2. The van der Waals surface area contributed by atoms with Gasteiger partial charge in [0.1, 0.15) is 11.5 Å². The molecule has 0 aliphatic carbocycles. The summed E-state index contributed by atoms with van der Waals surface area (Å²) in [5.41, 5.74) is 5.35. The molecule has 0 saturated heterocycles. The SMILES string of the molecule is CC/C(=N/NC(=S)Nc1ccc(OC)cc1)c1ccc(OCC(=O)O)cc1. The summed E-state index contributed by atoms with van der Waals surface area (Å²) in [5, 5.41) is 16.4. The molecule has 0 amide bonds. The first-order valence-electron chi connectivity index (χ1n) is 8.24. The van der Waals surface area contributed by atoms with Gasteiger partial charge < -0.3 is 19.9 Å². The Kier molecular flexibility index (Phi) is 7.57. The molecule has 27 heavy (non-hydrogen) atoms. The molecule has 0 aliphatic rings. The van der Waals surface area contributed by atoms with Gasteiger partial charge in [-0.3, -0.25) is 5.43 Å². The standard InChI is InChI=1S/C19H21N3O4S/c1-3-17(13-4-8-16(9-5-13)26-12-18(23)24)21-22-19(27)20-14-6-10-15(25-2)11-7-14/h4-11H,3,12H2,1-2H3,(H,23,24)(H2,20,22,27)/b21-17-. The molecular weight excluding hydrogens is 366 g/mol. The van der Waals surface area contributed by atoms with Crippen LogP contribution in [0.3, 0.4) is 0 Å². The summed E-state index contributed by atoms with van der Waals surface area (Å²) < 4.78 is 10.2. The number of methoxy groups -OCH3 is 1. The normalized spacial score (nSPS) is 10.8. The molecule has 0 heterocycles. The van der Waals surface area contributed by atoms with E-state index >= 15 is 0 Å². The number of carboxylic acid groups (broad SMARTS) is 1. The van der Waals surface area contributed by atoms with Crippen LogP contribution in [0.5, 0.6) is 11.5 Å². The maximum Gasteiger partial charge on any atom is 0.341 e. The number of hydrazone groups is 1. The summed E-state index contributed by atoms with van der Waals surface area (Å²) in [5.74, 6) is 0.236. The Hall–Kier alpha value is -3.13. The molecule has 2 aromatic carbocycles. The first-order chi connectivity index (χ1) is 13.0. The fraction of sp³-hybridized carbons (Fsp3) is 0.211. The molecule has 0 bridgehead atoms. The molecule has 0 saturated carbocycles. The first-order valence-corrected chi connectivity index (χ1v) is 8.65. The zero-order valence-corrected chi connectivity index (χ0v) is 15.9. The summed E-state index contributed by atoms with van der Waals surface area (Å²) in [6.45, 7) is 1.61. The zero-order chi connectivity index (χ0) is 19.6. The second-order valence-electron chi connectivity index (χ2n) is 5.41. The highest BCUT2D eigenvalue weighted by Gasteiger charge is 2.05. The predicted octanol–water partition coefficient (Wildman–Crippen LogP) is 3.26. The lowest BCUT2D eigenvalue weighted by molar-refractivity contribution is -0.139. The van der Waals surface area contributed by atoms with E-state index in [2.05, 4.69) is 15.8 Å². The van der Waals surface area contributed by atoms with E-state index in [-0.39, 0.29) is 6.61 Å². The molecule has 3 N–H and O–H groups in total. The number of carbonyl (C=O) groups is 1. The monoisotopic (exact) mass is 387 g/mol. The number of benzene rings is 2. The molecule has 0 aromatic heterocycles. The third-order valence-electron chi connectivity index (χ3n) is 3.53. The number of ether oxygens (including phenoxy) is 2. The summed E-state index contributed by atoms with van der Waals surface area (Å²) in [4.78, 5) is 10.5. The molecule has 0 fully saturated rings. The second-order valence-corrected chi connectivity index (χ2v) is 5.82. The van der Waals surface area contributed by atoms with E-state index in [1.807, 2.05) is 43.3 Å². The van der Waals surface area contributed by atoms with E-state index in [0.29, 0.717) is 17.3 Å². The van der Waals surface area contributed by atoms with Crippen molar-refractivity contribution in [3.8, 4) is 11.5 Å². The maximum atomic E-state index is 10.5. The lowest BCUT2D eigenvalue weighted by Crippen LogP contribution is -2.25. The summed E-state index contributed by atoms with van der Waals surface area (Å²) >= 11 is 5.26. The van der Waals surface area contributed by atoms with E-state index in [1.165, 1.54) is 0 Å². The van der Waals surface area contributed by atoms with E-state index in [1.54, 1.807) is 19.2 Å². The number of anilines is 1. The van der Waals surface area contributed by atoms with Crippen LogP contribution < -0.4 is 20.2 Å². The second kappa shape index (κ2) is 10.1. The molecule has 2 aromatic rings. The van der Waals surface area contributed by atoms with Crippen LogP contribution in [-0.4, -0.2) is 35.6 Å². The van der Waals surface area contributed by atoms with Crippen LogP contribution in [0.2, 0.25) is 0 Å². The quantitative estimate of drug-likeness (QED) is 0.364. The molecule has 142 valence electrons. The molecule has 0 aliphatic heterocycles. The smallest absolute Gasteiger partial charge is 0.341 e. The minimum absolute atomic E-state index is 0.368. The Labute approximate surface area is 163 Å². The van der Waals surface area contributed by atoms with Crippen molar-refractivity contribution in [1.29, 1.82) is 0 Å². The van der Waals surface area contributed by atoms with Crippen LogP contribution in [0, 0.1) is 0 Å². The van der Waals surface area contributed by atoms with E-state index in [9.17, 15) is 4.79 Å². The van der Waals surface area contributed by atoms with Gasteiger partial charge >= 0.3 is 5.97 Å². The minimum Gasteiger partial charge on any atom is -0.497 e. The third-order valence-corrected chi connectivity index (χ3v) is 3.72. The minimum atomic E-state index is -1.02. The summed E-state index contributed by atoms with van der Waals surface area (Å²) in [6.07, 6.45) is 0.688. The van der Waals surface area contributed by atoms with Gasteiger partial charge in [-0.25, -0.2) is 4.79 Å². The van der Waals surface area contributed by atoms with E-state index in [0.717, 1.165) is 22.7 Å². The van der Waals surface area contributed by atoms with Crippen molar-refractivity contribution < 1.29 is 19.4 Å². The van der Waals surface area contributed by atoms with Gasteiger partial charge in [-0.1, -0.05) is 6.92 Å². The number of rotatable bonds is 8. The highest BCUT2D eigenvalue weighted by Crippen LogP contribution is 2.15. The molecular formula is C19H21N3O4S. The van der Waals surface area contributed by atoms with Gasteiger partial charge in [0.2, 0.25) is 0 Å². The van der Waals surface area contributed by atoms with Gasteiger partial charge in [0.05, 0.1) is 12.8 Å². The highest BCUT2D eigenvalue weighted by atomic mass is 32.1. The number of aliphatic carboxylic acids is 1. The van der Waals surface area contributed by atoms with Gasteiger partial charge in [0, 0.05) is 5.69 Å². The average Bonchev–Trinajstić information content (AvgIpc) is 2.68. The Morgan fingerprint density at radius 3 is 2.30 bits per heavy atom. The van der Waals surface area contributed by atoms with Gasteiger partial charge in [-0.2, -0.15) is 5.10 Å². The molecule has 0 radical (unpaired) electrons. The van der Waals surface area contributed by atoms with Crippen molar-refractivity contribution in [3.63, 3.8) is 0 Å². The number of carboxylic acids is 1. The highest BCUT2D eigenvalue weighted by molar-refractivity contribution is 7.80. The number of thiocarbonyl (C=S) groups is 1. The van der Waals surface area contributed by atoms with Crippen molar-refractivity contribution in [2.24, 2.45) is 5.10 Å². The molecule has 0 atom stereocenters. The third kappa shape index (κ3) is 6.59. The Bertz CT molecular complexity index is 805.